The summed E-state index contributed by atoms with van der Waals surface area (Å²) in [6, 6.07) is -0.935. The van der Waals surface area contributed by atoms with E-state index in [1.165, 1.54) is 0 Å². The quantitative estimate of drug-likeness (QED) is 0.588. The summed E-state index contributed by atoms with van der Waals surface area (Å²) in [4.78, 5) is 36.4. The minimum Gasteiger partial charge on any atom is -0.444 e. The first-order chi connectivity index (χ1) is 9.52. The van der Waals surface area contributed by atoms with E-state index < -0.39 is 24.1 Å². The number of carbonyl (C=O) groups is 3. The van der Waals surface area contributed by atoms with Gasteiger partial charge in [0.25, 0.3) is 0 Å². The van der Waals surface area contributed by atoms with Crippen LogP contribution >= 0.6 is 0 Å². The predicted molar refractivity (Wildman–Crippen MR) is 67.7 cm³/mol. The smallest absolute Gasteiger partial charge is 0.408 e. The Balaban J connectivity index is 1.81. The Bertz CT molecular complexity index is 414. The fraction of sp³-hybridized carbons (Fsp3) is 0.750. The second-order valence-corrected chi connectivity index (χ2v) is 5.02. The number of cyclic esters (lactones) is 1. The number of hydrogen-bond donors (Lipinski definition) is 3. The molecule has 3 atom stereocenters. The van der Waals surface area contributed by atoms with Gasteiger partial charge in [0.05, 0.1) is 19.2 Å². The van der Waals surface area contributed by atoms with Crippen molar-refractivity contribution in [2.45, 2.75) is 38.0 Å². The highest BCUT2D eigenvalue weighted by Gasteiger charge is 2.36. The fourth-order valence-electron chi connectivity index (χ4n) is 2.52. The number of nitrogens with one attached hydrogen (secondary N) is 2. The van der Waals surface area contributed by atoms with Gasteiger partial charge < -0.3 is 25.4 Å². The lowest BCUT2D eigenvalue weighted by Crippen LogP contribution is -2.50. The number of alkyl carbamates (subject to hydrolysis) is 1. The van der Waals surface area contributed by atoms with Crippen molar-refractivity contribution in [2.75, 3.05) is 19.7 Å². The molecule has 0 aromatic carbocycles. The first-order valence-corrected chi connectivity index (χ1v) is 6.68. The number of aliphatic hydroxyl groups is 1. The van der Waals surface area contributed by atoms with Crippen molar-refractivity contribution in [1.82, 2.24) is 15.5 Å². The minimum atomic E-state index is -0.775. The van der Waals surface area contributed by atoms with Crippen LogP contribution in [0.1, 0.15) is 19.8 Å². The molecular weight excluding hydrogens is 266 g/mol. The lowest BCUT2D eigenvalue weighted by Gasteiger charge is -2.23. The Hall–Kier alpha value is -1.83. The molecule has 0 unspecified atom stereocenters. The number of nitrogens with zero attached hydrogens (tertiary/aromatic N) is 1. The molecule has 8 nitrogen and oxygen atoms in total. The largest absolute Gasteiger partial charge is 0.444 e. The van der Waals surface area contributed by atoms with Gasteiger partial charge in [0, 0.05) is 6.54 Å². The summed E-state index contributed by atoms with van der Waals surface area (Å²) in [7, 11) is 0. The summed E-state index contributed by atoms with van der Waals surface area (Å²) in [5, 5.41) is 14.0. The van der Waals surface area contributed by atoms with Gasteiger partial charge in [0.1, 0.15) is 12.1 Å². The monoisotopic (exact) mass is 285 g/mol. The Morgan fingerprint density at radius 1 is 1.55 bits per heavy atom. The van der Waals surface area contributed by atoms with E-state index in [0.717, 1.165) is 12.8 Å². The molecule has 2 rings (SSSR count). The third-order valence-corrected chi connectivity index (χ3v) is 3.64. The molecule has 0 aliphatic carbocycles. The Morgan fingerprint density at radius 2 is 2.30 bits per heavy atom. The molecule has 112 valence electrons. The third kappa shape index (κ3) is 3.01. The second-order valence-electron chi connectivity index (χ2n) is 5.02. The number of aliphatic hydroxyl groups excluding tert-OH is 1. The summed E-state index contributed by atoms with van der Waals surface area (Å²) < 4.78 is 4.80. The zero-order valence-electron chi connectivity index (χ0n) is 11.3. The molecule has 20 heavy (non-hydrogen) atoms. The van der Waals surface area contributed by atoms with Gasteiger partial charge in [-0.15, -0.1) is 0 Å². The normalized spacial score (nSPS) is 29.0. The highest BCUT2D eigenvalue weighted by molar-refractivity contribution is 5.91. The van der Waals surface area contributed by atoms with Crippen LogP contribution in [0.4, 0.5) is 4.79 Å². The van der Waals surface area contributed by atoms with E-state index >= 15 is 0 Å². The average Bonchev–Trinajstić information content (AvgIpc) is 3.01. The molecule has 2 aliphatic rings. The average molecular weight is 285 g/mol. The maximum Gasteiger partial charge on any atom is 0.408 e. The van der Waals surface area contributed by atoms with E-state index in [2.05, 4.69) is 10.6 Å². The highest BCUT2D eigenvalue weighted by Crippen LogP contribution is 2.16. The first kappa shape index (κ1) is 14.6. The molecular formula is C12H19N3O5. The van der Waals surface area contributed by atoms with Crippen LogP contribution in [0.25, 0.3) is 0 Å². The molecule has 2 heterocycles. The van der Waals surface area contributed by atoms with Crippen LogP contribution in [0, 0.1) is 0 Å². The predicted octanol–water partition coefficient (Wildman–Crippen LogP) is -1.42. The second kappa shape index (κ2) is 6.08. The third-order valence-electron chi connectivity index (χ3n) is 3.64. The molecule has 2 fully saturated rings. The van der Waals surface area contributed by atoms with E-state index in [4.69, 9.17) is 9.84 Å². The fourth-order valence-corrected chi connectivity index (χ4v) is 2.52. The lowest BCUT2D eigenvalue weighted by molar-refractivity contribution is -0.134. The van der Waals surface area contributed by atoms with Crippen LogP contribution in [0.2, 0.25) is 0 Å². The summed E-state index contributed by atoms with van der Waals surface area (Å²) in [6.07, 6.45) is 0.437. The van der Waals surface area contributed by atoms with Crippen LogP contribution in [-0.2, 0) is 14.3 Å². The van der Waals surface area contributed by atoms with E-state index in [9.17, 15) is 14.4 Å². The number of ether oxygens (including phenoxy) is 1. The first-order valence-electron chi connectivity index (χ1n) is 6.68. The molecule has 0 saturated carbocycles. The van der Waals surface area contributed by atoms with E-state index in [1.807, 2.05) is 0 Å². The summed E-state index contributed by atoms with van der Waals surface area (Å²) >= 11 is 0. The summed E-state index contributed by atoms with van der Waals surface area (Å²) in [6.45, 7) is 1.99. The van der Waals surface area contributed by atoms with Gasteiger partial charge in [-0.25, -0.2) is 4.79 Å². The van der Waals surface area contributed by atoms with Crippen LogP contribution in [0.5, 0.6) is 0 Å². The molecule has 8 heteroatoms. The standard InChI is InChI=1S/C12H19N3O5/c1-7-10(14-12(19)20-7)11(18)13-5-9(17)15-4-2-3-8(15)6-16/h7-8,10,16H,2-6H2,1H3,(H,13,18)(H,14,19)/t7-,8-,10-/m0/s1. The van der Waals surface area contributed by atoms with E-state index in [1.54, 1.807) is 11.8 Å². The minimum absolute atomic E-state index is 0.0662. The molecule has 3 N–H and O–H groups in total. The maximum absolute atomic E-state index is 12.0. The van der Waals surface area contributed by atoms with Crippen molar-refractivity contribution < 1.29 is 24.2 Å². The number of amides is 3. The number of likely N-dealkylation sites (tertiary alicyclic amines) is 1. The Kier molecular flexibility index (Phi) is 4.43. The molecule has 0 bridgehead atoms. The molecule has 0 spiro atoms. The Labute approximate surface area is 116 Å². The summed E-state index contributed by atoms with van der Waals surface area (Å²) in [5.41, 5.74) is 0. The van der Waals surface area contributed by atoms with Gasteiger partial charge in [0.2, 0.25) is 11.8 Å². The van der Waals surface area contributed by atoms with Gasteiger partial charge in [-0.05, 0) is 19.8 Å². The highest BCUT2D eigenvalue weighted by atomic mass is 16.6. The van der Waals surface area contributed by atoms with Crippen LogP contribution < -0.4 is 10.6 Å². The van der Waals surface area contributed by atoms with Crippen molar-refractivity contribution in [2.24, 2.45) is 0 Å². The van der Waals surface area contributed by atoms with Crippen molar-refractivity contribution in [3.05, 3.63) is 0 Å². The topological polar surface area (TPSA) is 108 Å². The number of rotatable bonds is 4. The van der Waals surface area contributed by atoms with Crippen molar-refractivity contribution in [3.63, 3.8) is 0 Å². The van der Waals surface area contributed by atoms with Gasteiger partial charge in [-0.3, -0.25) is 9.59 Å². The number of carbonyl (C=O) groups excluding carboxylic acids is 3. The van der Waals surface area contributed by atoms with Crippen molar-refractivity contribution >= 4 is 17.9 Å². The zero-order valence-corrected chi connectivity index (χ0v) is 11.3. The van der Waals surface area contributed by atoms with Crippen LogP contribution in [0.3, 0.4) is 0 Å². The zero-order chi connectivity index (χ0) is 14.7. The summed E-state index contributed by atoms with van der Waals surface area (Å²) in [5.74, 6) is -0.677. The van der Waals surface area contributed by atoms with Gasteiger partial charge in [-0.1, -0.05) is 0 Å². The molecule has 0 radical (unpaired) electrons. The van der Waals surface area contributed by atoms with Crippen LogP contribution in [0.15, 0.2) is 0 Å². The Morgan fingerprint density at radius 3 is 2.90 bits per heavy atom. The maximum atomic E-state index is 12.0. The van der Waals surface area contributed by atoms with Crippen LogP contribution in [-0.4, -0.2) is 65.8 Å². The SMILES string of the molecule is C[C@@H]1OC(=O)N[C@@H]1C(=O)NCC(=O)N1CCC[C@H]1CO. The van der Waals surface area contributed by atoms with Gasteiger partial charge in [-0.2, -0.15) is 0 Å². The van der Waals surface area contributed by atoms with Gasteiger partial charge in [0.15, 0.2) is 0 Å². The van der Waals surface area contributed by atoms with Gasteiger partial charge >= 0.3 is 6.09 Å². The lowest BCUT2D eigenvalue weighted by atomic mass is 10.2. The number of hydrogen-bond acceptors (Lipinski definition) is 5. The molecule has 0 aromatic rings. The van der Waals surface area contributed by atoms with Crippen molar-refractivity contribution in [1.29, 1.82) is 0 Å². The van der Waals surface area contributed by atoms with E-state index in [-0.39, 0.29) is 25.1 Å². The molecule has 2 aliphatic heterocycles. The molecule has 0 aromatic heterocycles. The van der Waals surface area contributed by atoms with E-state index in [0.29, 0.717) is 6.54 Å². The molecule has 3 amide bonds. The van der Waals surface area contributed by atoms with Crippen molar-refractivity contribution in [3.8, 4) is 0 Å². The molecule has 2 saturated heterocycles.